The highest BCUT2D eigenvalue weighted by atomic mass is 79.9. The summed E-state index contributed by atoms with van der Waals surface area (Å²) in [6, 6.07) is 7.08. The number of aromatic amines is 1. The molecule has 17 heavy (non-hydrogen) atoms. The lowest BCUT2D eigenvalue weighted by molar-refractivity contribution is 0.415. The number of rotatable bonds is 2. The van der Waals surface area contributed by atoms with Gasteiger partial charge in [0.2, 0.25) is 5.88 Å². The van der Waals surface area contributed by atoms with E-state index in [-0.39, 0.29) is 16.2 Å². The van der Waals surface area contributed by atoms with Gasteiger partial charge in [0.1, 0.15) is 16.0 Å². The van der Waals surface area contributed by atoms with Crippen LogP contribution in [0.15, 0.2) is 33.5 Å². The molecule has 0 aliphatic rings. The van der Waals surface area contributed by atoms with Crippen LogP contribution in [0.1, 0.15) is 0 Å². The molecule has 0 bridgehead atoms. The second-order valence-electron chi connectivity index (χ2n) is 3.25. The Bertz CT molecular complexity index is 610. The Morgan fingerprint density at radius 2 is 2.12 bits per heavy atom. The number of nitrogens with one attached hydrogen (secondary N) is 1. The van der Waals surface area contributed by atoms with Gasteiger partial charge < -0.3 is 14.8 Å². The van der Waals surface area contributed by atoms with Gasteiger partial charge >= 0.3 is 0 Å². The van der Waals surface area contributed by atoms with Crippen molar-refractivity contribution in [3.63, 3.8) is 0 Å². The highest BCUT2D eigenvalue weighted by Crippen LogP contribution is 2.28. The smallest absolute Gasteiger partial charge is 0.269 e. The van der Waals surface area contributed by atoms with E-state index in [1.165, 1.54) is 7.11 Å². The fraction of sp³-hybridized carbons (Fsp3) is 0.0909. The third-order valence-corrected chi connectivity index (χ3v) is 2.92. The minimum absolute atomic E-state index is 0.0103. The molecule has 88 valence electrons. The van der Waals surface area contributed by atoms with Gasteiger partial charge in [0.05, 0.1) is 12.7 Å². The van der Waals surface area contributed by atoms with Crippen molar-refractivity contribution in [3.8, 4) is 23.0 Å². The van der Waals surface area contributed by atoms with Crippen LogP contribution >= 0.6 is 15.9 Å². The van der Waals surface area contributed by atoms with Crippen LogP contribution in [0, 0.1) is 0 Å². The van der Waals surface area contributed by atoms with Gasteiger partial charge in [-0.1, -0.05) is 12.1 Å². The molecule has 0 aliphatic carbocycles. The second-order valence-corrected chi connectivity index (χ2v) is 4.05. The van der Waals surface area contributed by atoms with E-state index in [0.29, 0.717) is 11.3 Å². The molecule has 0 saturated carbocycles. The zero-order chi connectivity index (χ0) is 12.4. The molecule has 0 saturated heterocycles. The number of H-pyrrole nitrogens is 1. The number of halogens is 1. The topological polar surface area (TPSA) is 75.2 Å². The Hall–Kier alpha value is -1.82. The van der Waals surface area contributed by atoms with Crippen molar-refractivity contribution in [2.75, 3.05) is 7.11 Å². The molecule has 0 spiro atoms. The van der Waals surface area contributed by atoms with Crippen LogP contribution in [0.3, 0.4) is 0 Å². The van der Waals surface area contributed by atoms with Crippen molar-refractivity contribution in [2.24, 2.45) is 0 Å². The van der Waals surface area contributed by atoms with Crippen LogP contribution in [0.25, 0.3) is 11.4 Å². The summed E-state index contributed by atoms with van der Waals surface area (Å²) in [6.07, 6.45) is 0. The van der Waals surface area contributed by atoms with Crippen molar-refractivity contribution in [3.05, 3.63) is 39.1 Å². The monoisotopic (exact) mass is 296 g/mol. The number of benzene rings is 1. The van der Waals surface area contributed by atoms with Crippen molar-refractivity contribution in [1.82, 2.24) is 9.97 Å². The number of nitrogens with zero attached hydrogens (tertiary/aromatic N) is 1. The lowest BCUT2D eigenvalue weighted by atomic mass is 10.2. The number of hydrogen-bond acceptors (Lipinski definition) is 4. The highest BCUT2D eigenvalue weighted by molar-refractivity contribution is 9.10. The molecule has 1 aromatic carbocycles. The lowest BCUT2D eigenvalue weighted by Crippen LogP contribution is -2.10. The third kappa shape index (κ3) is 2.16. The summed E-state index contributed by atoms with van der Waals surface area (Å²) in [5, 5.41) is 9.49. The van der Waals surface area contributed by atoms with Gasteiger partial charge in [-0.2, -0.15) is 4.98 Å². The molecule has 0 aliphatic heterocycles. The van der Waals surface area contributed by atoms with E-state index < -0.39 is 5.56 Å². The second kappa shape index (κ2) is 4.58. The Labute approximate surface area is 105 Å². The maximum atomic E-state index is 11.5. The van der Waals surface area contributed by atoms with Gasteiger partial charge in [-0.15, -0.1) is 0 Å². The van der Waals surface area contributed by atoms with Crippen LogP contribution < -0.4 is 10.3 Å². The van der Waals surface area contributed by atoms with Gasteiger partial charge in [0, 0.05) is 0 Å². The number of ether oxygens (including phenoxy) is 1. The Balaban J connectivity index is 2.65. The van der Waals surface area contributed by atoms with E-state index >= 15 is 0 Å². The number of aromatic nitrogens is 2. The Morgan fingerprint density at radius 1 is 1.41 bits per heavy atom. The minimum atomic E-state index is -0.446. The maximum absolute atomic E-state index is 11.5. The van der Waals surface area contributed by atoms with Crippen LogP contribution in [-0.2, 0) is 0 Å². The molecule has 1 aromatic heterocycles. The summed E-state index contributed by atoms with van der Waals surface area (Å²) in [5.41, 5.74) is 0.160. The predicted octanol–water partition coefficient (Wildman–Crippen LogP) is 1.91. The summed E-state index contributed by atoms with van der Waals surface area (Å²) in [6.45, 7) is 0. The average Bonchev–Trinajstić information content (AvgIpc) is 2.35. The number of methoxy groups -OCH3 is 1. The summed E-state index contributed by atoms with van der Waals surface area (Å²) in [5.74, 6) is 0.472. The predicted molar refractivity (Wildman–Crippen MR) is 66.2 cm³/mol. The van der Waals surface area contributed by atoms with E-state index in [2.05, 4.69) is 25.9 Å². The fourth-order valence-electron chi connectivity index (χ4n) is 1.41. The van der Waals surface area contributed by atoms with Gasteiger partial charge in [0.25, 0.3) is 5.56 Å². The van der Waals surface area contributed by atoms with Crippen molar-refractivity contribution in [2.45, 2.75) is 0 Å². The van der Waals surface area contributed by atoms with Crippen LogP contribution in [-0.4, -0.2) is 22.2 Å². The largest absolute Gasteiger partial charge is 0.496 e. The Kier molecular flexibility index (Phi) is 3.14. The lowest BCUT2D eigenvalue weighted by Gasteiger charge is -2.07. The number of hydrogen-bond donors (Lipinski definition) is 2. The first-order chi connectivity index (χ1) is 8.13. The normalized spacial score (nSPS) is 10.2. The van der Waals surface area contributed by atoms with Crippen molar-refractivity contribution < 1.29 is 9.84 Å². The van der Waals surface area contributed by atoms with E-state index in [4.69, 9.17) is 4.74 Å². The molecule has 2 aromatic rings. The fourth-order valence-corrected chi connectivity index (χ4v) is 1.60. The van der Waals surface area contributed by atoms with Gasteiger partial charge in [-0.05, 0) is 28.1 Å². The summed E-state index contributed by atoms with van der Waals surface area (Å²) in [7, 11) is 1.52. The third-order valence-electron chi connectivity index (χ3n) is 2.21. The van der Waals surface area contributed by atoms with E-state index in [0.717, 1.165) is 0 Å². The highest BCUT2D eigenvalue weighted by Gasteiger charge is 2.12. The standard InChI is InChI=1S/C11H9BrN2O3/c1-17-7-5-3-2-4-6(7)9-13-10(15)8(12)11(16)14-9/h2-5H,1H3,(H2,13,14,15,16). The molecular formula is C11H9BrN2O3. The number of para-hydroxylation sites is 1. The first-order valence-electron chi connectivity index (χ1n) is 4.75. The zero-order valence-electron chi connectivity index (χ0n) is 8.90. The van der Waals surface area contributed by atoms with Crippen molar-refractivity contribution in [1.29, 1.82) is 0 Å². The molecule has 5 nitrogen and oxygen atoms in total. The summed E-state index contributed by atoms with van der Waals surface area (Å²) < 4.78 is 5.16. The first-order valence-corrected chi connectivity index (χ1v) is 5.55. The molecule has 0 fully saturated rings. The molecule has 0 unspecified atom stereocenters. The molecule has 0 atom stereocenters. The molecular weight excluding hydrogens is 288 g/mol. The van der Waals surface area contributed by atoms with Crippen LogP contribution in [0.5, 0.6) is 11.6 Å². The van der Waals surface area contributed by atoms with Gasteiger partial charge in [-0.25, -0.2) is 0 Å². The molecule has 6 heteroatoms. The maximum Gasteiger partial charge on any atom is 0.269 e. The average molecular weight is 297 g/mol. The van der Waals surface area contributed by atoms with E-state index in [1.54, 1.807) is 24.3 Å². The zero-order valence-corrected chi connectivity index (χ0v) is 10.5. The van der Waals surface area contributed by atoms with E-state index in [9.17, 15) is 9.90 Å². The number of aromatic hydroxyl groups is 1. The van der Waals surface area contributed by atoms with Crippen LogP contribution in [0.4, 0.5) is 0 Å². The molecule has 0 radical (unpaired) electrons. The summed E-state index contributed by atoms with van der Waals surface area (Å²) >= 11 is 2.93. The van der Waals surface area contributed by atoms with Crippen molar-refractivity contribution >= 4 is 15.9 Å². The molecule has 2 rings (SSSR count). The molecule has 0 amide bonds. The van der Waals surface area contributed by atoms with E-state index in [1.807, 2.05) is 0 Å². The van der Waals surface area contributed by atoms with Crippen LogP contribution in [0.2, 0.25) is 0 Å². The summed E-state index contributed by atoms with van der Waals surface area (Å²) in [4.78, 5) is 17.9. The first kappa shape index (κ1) is 11.7. The van der Waals surface area contributed by atoms with Gasteiger partial charge in [0.15, 0.2) is 0 Å². The SMILES string of the molecule is COc1ccccc1-c1nc(O)c(Br)c(=O)[nH]1. The molecule has 2 N–H and O–H groups in total. The molecule has 1 heterocycles. The Morgan fingerprint density at radius 3 is 2.76 bits per heavy atom. The quantitative estimate of drug-likeness (QED) is 0.888. The van der Waals surface area contributed by atoms with Gasteiger partial charge in [-0.3, -0.25) is 4.79 Å². The minimum Gasteiger partial charge on any atom is -0.496 e.